The Hall–Kier alpha value is -1.25. The maximum absolute atomic E-state index is 12.6. The molecule has 0 radical (unpaired) electrons. The van der Waals surface area contributed by atoms with Gasteiger partial charge in [-0.3, -0.25) is 18.6 Å². The van der Waals surface area contributed by atoms with E-state index in [-0.39, 0.29) is 32.0 Å². The van der Waals surface area contributed by atoms with Crippen LogP contribution in [-0.2, 0) is 32.7 Å². The third kappa shape index (κ3) is 34.4. The molecule has 1 unspecified atom stereocenters. The van der Waals surface area contributed by atoms with Gasteiger partial charge in [-0.05, 0) is 38.5 Å². The first kappa shape index (κ1) is 45.8. The number of phosphoric ester groups is 1. The van der Waals surface area contributed by atoms with E-state index in [1.165, 1.54) is 77.0 Å². The van der Waals surface area contributed by atoms with Crippen molar-refractivity contribution in [3.63, 3.8) is 0 Å². The molecule has 9 nitrogen and oxygen atoms in total. The highest BCUT2D eigenvalue weighted by Crippen LogP contribution is 2.43. The second-order valence-corrected chi connectivity index (χ2v) is 15.4. The van der Waals surface area contributed by atoms with E-state index in [4.69, 9.17) is 18.5 Å². The molecule has 0 saturated carbocycles. The number of hydrogen-bond donors (Lipinski definition) is 1. The molecule has 0 aromatic rings. The fourth-order valence-electron chi connectivity index (χ4n) is 5.01. The van der Waals surface area contributed by atoms with Crippen molar-refractivity contribution in [3.05, 3.63) is 12.2 Å². The minimum atomic E-state index is -4.36. The summed E-state index contributed by atoms with van der Waals surface area (Å²) in [6.07, 6.45) is 28.4. The second-order valence-electron chi connectivity index (χ2n) is 14.0. The lowest BCUT2D eigenvalue weighted by atomic mass is 10.1. The monoisotopic (exact) mass is 691 g/mol. The van der Waals surface area contributed by atoms with Crippen LogP contribution in [0.3, 0.4) is 0 Å². The van der Waals surface area contributed by atoms with Crippen LogP contribution in [0, 0.1) is 0 Å². The van der Waals surface area contributed by atoms with E-state index in [9.17, 15) is 19.0 Å². The number of esters is 2. The number of rotatable bonds is 34. The van der Waals surface area contributed by atoms with Crippen molar-refractivity contribution in [3.8, 4) is 0 Å². The van der Waals surface area contributed by atoms with Gasteiger partial charge in [-0.2, -0.15) is 0 Å². The number of likely N-dealkylation sites (N-methyl/N-ethyl adjacent to an activating group) is 1. The van der Waals surface area contributed by atoms with Gasteiger partial charge in [0.15, 0.2) is 6.10 Å². The van der Waals surface area contributed by atoms with Gasteiger partial charge < -0.3 is 18.9 Å². The van der Waals surface area contributed by atoms with Crippen LogP contribution >= 0.6 is 7.82 Å². The summed E-state index contributed by atoms with van der Waals surface area (Å²) < 4.78 is 34.1. The lowest BCUT2D eigenvalue weighted by Gasteiger charge is -2.24. The predicted molar refractivity (Wildman–Crippen MR) is 192 cm³/mol. The Balaban J connectivity index is 4.42. The van der Waals surface area contributed by atoms with Crippen LogP contribution in [0.4, 0.5) is 0 Å². The number of hydrogen-bond acceptors (Lipinski definition) is 7. The smallest absolute Gasteiger partial charge is 0.462 e. The van der Waals surface area contributed by atoms with Gasteiger partial charge in [0.25, 0.3) is 0 Å². The van der Waals surface area contributed by atoms with Crippen molar-refractivity contribution < 1.29 is 42.1 Å². The normalized spacial score (nSPS) is 13.9. The third-order valence-electron chi connectivity index (χ3n) is 8.05. The fourth-order valence-corrected chi connectivity index (χ4v) is 5.75. The predicted octanol–water partition coefficient (Wildman–Crippen LogP) is 9.85. The van der Waals surface area contributed by atoms with E-state index in [0.717, 1.165) is 51.4 Å². The van der Waals surface area contributed by atoms with Gasteiger partial charge in [-0.25, -0.2) is 4.57 Å². The van der Waals surface area contributed by atoms with E-state index in [1.807, 2.05) is 21.1 Å². The molecule has 0 aliphatic carbocycles. The number of nitrogens with zero attached hydrogens (tertiary/aromatic N) is 1. The maximum Gasteiger partial charge on any atom is 0.472 e. The average Bonchev–Trinajstić information content (AvgIpc) is 3.01. The molecule has 0 aromatic carbocycles. The molecule has 0 saturated heterocycles. The van der Waals surface area contributed by atoms with E-state index < -0.39 is 26.5 Å². The van der Waals surface area contributed by atoms with Crippen molar-refractivity contribution in [1.29, 1.82) is 0 Å². The molecule has 0 heterocycles. The molecule has 2 atom stereocenters. The first-order chi connectivity index (χ1) is 22.5. The number of carbonyl (C=O) groups excluding carboxylic acids is 2. The molecule has 47 heavy (non-hydrogen) atoms. The number of quaternary nitrogens is 1. The molecule has 0 aliphatic heterocycles. The molecule has 0 bridgehead atoms. The summed E-state index contributed by atoms with van der Waals surface area (Å²) in [5.41, 5.74) is 0. The molecule has 0 spiro atoms. The van der Waals surface area contributed by atoms with Gasteiger partial charge in [0.2, 0.25) is 0 Å². The number of allylic oxidation sites excluding steroid dienone is 2. The standard InChI is InChI=1S/C37H72NO8P/c1-6-8-10-12-14-16-17-18-19-20-21-22-24-26-28-30-37(40)46-35(34-45-47(41,42)44-32-31-38(3,4)5)33-43-36(39)29-27-25-23-15-13-11-9-7-2/h18-19,35H,6-17,20-34H2,1-5H3/p+1/b19-18+/t35-/m0/s1. The average molecular weight is 691 g/mol. The summed E-state index contributed by atoms with van der Waals surface area (Å²) in [6, 6.07) is 0. The maximum atomic E-state index is 12.6. The molecule has 0 aromatic heterocycles. The van der Waals surface area contributed by atoms with E-state index in [0.29, 0.717) is 17.4 Å². The summed E-state index contributed by atoms with van der Waals surface area (Å²) in [5, 5.41) is 0. The fraction of sp³-hybridized carbons (Fsp3) is 0.892. The summed E-state index contributed by atoms with van der Waals surface area (Å²) >= 11 is 0. The zero-order chi connectivity index (χ0) is 35.1. The van der Waals surface area contributed by atoms with Crippen molar-refractivity contribution in [2.75, 3.05) is 47.5 Å². The van der Waals surface area contributed by atoms with Crippen LogP contribution in [0.15, 0.2) is 12.2 Å². The first-order valence-corrected chi connectivity index (χ1v) is 20.4. The highest BCUT2D eigenvalue weighted by Gasteiger charge is 2.27. The van der Waals surface area contributed by atoms with Crippen LogP contribution in [0.1, 0.15) is 162 Å². The largest absolute Gasteiger partial charge is 0.472 e. The topological polar surface area (TPSA) is 108 Å². The summed E-state index contributed by atoms with van der Waals surface area (Å²) in [7, 11) is 1.47. The zero-order valence-electron chi connectivity index (χ0n) is 31.0. The van der Waals surface area contributed by atoms with Crippen molar-refractivity contribution >= 4 is 19.8 Å². The minimum Gasteiger partial charge on any atom is -0.462 e. The first-order valence-electron chi connectivity index (χ1n) is 18.9. The zero-order valence-corrected chi connectivity index (χ0v) is 31.9. The molecule has 0 rings (SSSR count). The van der Waals surface area contributed by atoms with Crippen LogP contribution in [0.5, 0.6) is 0 Å². The van der Waals surface area contributed by atoms with Gasteiger partial charge in [0.1, 0.15) is 19.8 Å². The molecule has 0 fully saturated rings. The summed E-state index contributed by atoms with van der Waals surface area (Å²) in [5.74, 6) is -0.810. The Labute approximate surface area is 288 Å². The quantitative estimate of drug-likeness (QED) is 0.0234. The highest BCUT2D eigenvalue weighted by molar-refractivity contribution is 7.47. The highest BCUT2D eigenvalue weighted by atomic mass is 31.2. The van der Waals surface area contributed by atoms with Gasteiger partial charge >= 0.3 is 19.8 Å². The van der Waals surface area contributed by atoms with E-state index in [1.54, 1.807) is 0 Å². The number of carbonyl (C=O) groups is 2. The molecule has 0 amide bonds. The van der Waals surface area contributed by atoms with Crippen LogP contribution in [-0.4, -0.2) is 74.9 Å². The van der Waals surface area contributed by atoms with Crippen molar-refractivity contribution in [1.82, 2.24) is 0 Å². The van der Waals surface area contributed by atoms with Gasteiger partial charge in [-0.15, -0.1) is 0 Å². The van der Waals surface area contributed by atoms with Crippen LogP contribution in [0.25, 0.3) is 0 Å². The molecule has 10 heteroatoms. The minimum absolute atomic E-state index is 0.0325. The lowest BCUT2D eigenvalue weighted by molar-refractivity contribution is -0.870. The number of unbranched alkanes of at least 4 members (excludes halogenated alkanes) is 18. The number of phosphoric acid groups is 1. The van der Waals surface area contributed by atoms with Crippen LogP contribution in [0.2, 0.25) is 0 Å². The van der Waals surface area contributed by atoms with Gasteiger partial charge in [0.05, 0.1) is 27.7 Å². The lowest BCUT2D eigenvalue weighted by Crippen LogP contribution is -2.37. The van der Waals surface area contributed by atoms with Gasteiger partial charge in [0, 0.05) is 12.8 Å². The van der Waals surface area contributed by atoms with Crippen molar-refractivity contribution in [2.45, 2.75) is 168 Å². The second kappa shape index (κ2) is 30.8. The third-order valence-corrected chi connectivity index (χ3v) is 9.03. The Morgan fingerprint density at radius 1 is 0.638 bits per heavy atom. The molecule has 1 N–H and O–H groups in total. The summed E-state index contributed by atoms with van der Waals surface area (Å²) in [4.78, 5) is 35.0. The summed E-state index contributed by atoms with van der Waals surface area (Å²) in [6.45, 7) is 4.36. The number of ether oxygens (including phenoxy) is 2. The SMILES string of the molecule is CCCCCCCC/C=C/CCCCCCCC(=O)O[C@@H](COC(=O)CCCCCCCCCC)COP(=O)(O)OCC[N+](C)(C)C. The van der Waals surface area contributed by atoms with E-state index in [2.05, 4.69) is 26.0 Å². The Morgan fingerprint density at radius 3 is 1.57 bits per heavy atom. The Morgan fingerprint density at radius 2 is 1.09 bits per heavy atom. The Kier molecular flexibility index (Phi) is 30.0. The molecule has 0 aliphatic rings. The van der Waals surface area contributed by atoms with Crippen molar-refractivity contribution in [2.24, 2.45) is 0 Å². The molecular formula is C37H73NO8P+. The van der Waals surface area contributed by atoms with E-state index >= 15 is 0 Å². The van der Waals surface area contributed by atoms with Gasteiger partial charge in [-0.1, -0.05) is 122 Å². The molecular weight excluding hydrogens is 617 g/mol. The van der Waals surface area contributed by atoms with Crippen LogP contribution < -0.4 is 0 Å². The Bertz CT molecular complexity index is 830. The molecule has 278 valence electrons.